The van der Waals surface area contributed by atoms with Gasteiger partial charge in [-0.3, -0.25) is 19.6 Å². The Labute approximate surface area is 176 Å². The number of aryl methyl sites for hydroxylation is 3. The molecule has 0 radical (unpaired) electrons. The smallest absolute Gasteiger partial charge is 0.309 e. The van der Waals surface area contributed by atoms with Crippen LogP contribution in [0.25, 0.3) is 0 Å². The van der Waals surface area contributed by atoms with Crippen molar-refractivity contribution in [3.63, 3.8) is 0 Å². The maximum Gasteiger partial charge on any atom is 0.312 e. The third-order valence-electron chi connectivity index (χ3n) is 5.14. The highest BCUT2D eigenvalue weighted by molar-refractivity contribution is 6.06. The van der Waals surface area contributed by atoms with E-state index in [2.05, 4.69) is 11.2 Å². The minimum Gasteiger partial charge on any atom is -0.309 e. The lowest BCUT2D eigenvalue weighted by Crippen LogP contribution is -2.30. The Bertz CT molecular complexity index is 1080. The van der Waals surface area contributed by atoms with Gasteiger partial charge in [0.1, 0.15) is 11.4 Å². The Morgan fingerprint density at radius 2 is 1.67 bits per heavy atom. The second-order valence-electron chi connectivity index (χ2n) is 7.53. The second kappa shape index (κ2) is 8.49. The van der Waals surface area contributed by atoms with Gasteiger partial charge in [0.25, 0.3) is 5.91 Å². The van der Waals surface area contributed by atoms with Crippen LogP contribution < -0.4 is 4.90 Å². The van der Waals surface area contributed by atoms with Gasteiger partial charge < -0.3 is 4.90 Å². The number of aromatic nitrogens is 2. The zero-order chi connectivity index (χ0) is 22.0. The Morgan fingerprint density at radius 3 is 2.17 bits per heavy atom. The maximum absolute atomic E-state index is 13.1. The van der Waals surface area contributed by atoms with Crippen LogP contribution in [-0.4, -0.2) is 27.2 Å². The summed E-state index contributed by atoms with van der Waals surface area (Å²) in [6.45, 7) is 10.3. The Kier molecular flexibility index (Phi) is 6.01. The Hall–Kier alpha value is -3.48. The van der Waals surface area contributed by atoms with E-state index in [1.54, 1.807) is 35.6 Å². The molecule has 1 aromatic heterocycles. The van der Waals surface area contributed by atoms with Crippen LogP contribution in [0.4, 0.5) is 11.4 Å². The molecule has 0 bridgehead atoms. The second-order valence-corrected chi connectivity index (χ2v) is 7.53. The molecule has 0 atom stereocenters. The summed E-state index contributed by atoms with van der Waals surface area (Å²) in [7, 11) is 0. The van der Waals surface area contributed by atoms with Crippen LogP contribution in [0.1, 0.15) is 45.4 Å². The van der Waals surface area contributed by atoms with Crippen LogP contribution in [0.5, 0.6) is 0 Å². The first-order valence-corrected chi connectivity index (χ1v) is 9.88. The van der Waals surface area contributed by atoms with E-state index in [1.807, 2.05) is 45.0 Å². The number of hydrogen-bond acceptors (Lipinski definition) is 4. The molecule has 0 fully saturated rings. The Balaban J connectivity index is 1.82. The van der Waals surface area contributed by atoms with Gasteiger partial charge in [0, 0.05) is 17.8 Å². The van der Waals surface area contributed by atoms with Crippen molar-refractivity contribution >= 4 is 17.3 Å². The summed E-state index contributed by atoms with van der Waals surface area (Å²) in [5, 5.41) is 15.5. The predicted octanol–water partition coefficient (Wildman–Crippen LogP) is 4.74. The highest BCUT2D eigenvalue weighted by Crippen LogP contribution is 2.24. The van der Waals surface area contributed by atoms with E-state index >= 15 is 0 Å². The van der Waals surface area contributed by atoms with Crippen LogP contribution in [0.15, 0.2) is 42.5 Å². The molecule has 0 saturated heterocycles. The molecular formula is C23H26N4O3. The fourth-order valence-electron chi connectivity index (χ4n) is 3.74. The molecule has 7 nitrogen and oxygen atoms in total. The molecule has 156 valence electrons. The largest absolute Gasteiger partial charge is 0.312 e. The fraction of sp³-hybridized carbons (Fsp3) is 0.304. The SMILES string of the molecule is CCN(C(=O)c1ccc(Cn2nc(C)c([N+](=O)[O-])c2C)cc1)c1cc(C)cc(C)c1. The molecule has 0 N–H and O–H groups in total. The average Bonchev–Trinajstić information content (AvgIpc) is 2.95. The summed E-state index contributed by atoms with van der Waals surface area (Å²) < 4.78 is 1.62. The van der Waals surface area contributed by atoms with Gasteiger partial charge in [-0.2, -0.15) is 5.10 Å². The van der Waals surface area contributed by atoms with Gasteiger partial charge in [0.05, 0.1) is 11.5 Å². The zero-order valence-corrected chi connectivity index (χ0v) is 18.0. The van der Waals surface area contributed by atoms with Gasteiger partial charge in [-0.15, -0.1) is 0 Å². The van der Waals surface area contributed by atoms with Gasteiger partial charge in [0.15, 0.2) is 0 Å². The number of rotatable bonds is 6. The minimum absolute atomic E-state index is 0.0498. The number of anilines is 1. The molecule has 3 rings (SSSR count). The van der Waals surface area contributed by atoms with E-state index in [0.717, 1.165) is 22.4 Å². The summed E-state index contributed by atoms with van der Waals surface area (Å²) in [5.41, 5.74) is 5.60. The van der Waals surface area contributed by atoms with Crippen molar-refractivity contribution in [1.29, 1.82) is 0 Å². The topological polar surface area (TPSA) is 81.3 Å². The van der Waals surface area contributed by atoms with Crippen molar-refractivity contribution in [2.24, 2.45) is 0 Å². The normalized spacial score (nSPS) is 10.8. The summed E-state index contributed by atoms with van der Waals surface area (Å²) in [5.74, 6) is -0.0594. The van der Waals surface area contributed by atoms with Crippen LogP contribution in [-0.2, 0) is 6.54 Å². The molecular weight excluding hydrogens is 380 g/mol. The van der Waals surface area contributed by atoms with Crippen molar-refractivity contribution in [3.8, 4) is 0 Å². The Morgan fingerprint density at radius 1 is 1.07 bits per heavy atom. The third kappa shape index (κ3) is 4.25. The third-order valence-corrected chi connectivity index (χ3v) is 5.14. The van der Waals surface area contributed by atoms with E-state index in [-0.39, 0.29) is 11.6 Å². The summed E-state index contributed by atoms with van der Waals surface area (Å²) >= 11 is 0. The first-order valence-electron chi connectivity index (χ1n) is 9.88. The van der Waals surface area contributed by atoms with Crippen LogP contribution >= 0.6 is 0 Å². The van der Waals surface area contributed by atoms with Crippen LogP contribution in [0, 0.1) is 37.8 Å². The highest BCUT2D eigenvalue weighted by atomic mass is 16.6. The monoisotopic (exact) mass is 406 g/mol. The lowest BCUT2D eigenvalue weighted by atomic mass is 10.1. The number of hydrogen-bond donors (Lipinski definition) is 0. The van der Waals surface area contributed by atoms with E-state index in [0.29, 0.717) is 30.0 Å². The van der Waals surface area contributed by atoms with Gasteiger partial charge >= 0.3 is 5.69 Å². The minimum atomic E-state index is -0.401. The van der Waals surface area contributed by atoms with Gasteiger partial charge in [-0.05, 0) is 75.6 Å². The lowest BCUT2D eigenvalue weighted by Gasteiger charge is -2.22. The average molecular weight is 406 g/mol. The molecule has 0 aliphatic rings. The van der Waals surface area contributed by atoms with E-state index in [4.69, 9.17) is 0 Å². The number of amides is 1. The summed E-state index contributed by atoms with van der Waals surface area (Å²) in [4.78, 5) is 25.6. The van der Waals surface area contributed by atoms with Crippen molar-refractivity contribution < 1.29 is 9.72 Å². The number of nitro groups is 1. The zero-order valence-electron chi connectivity index (χ0n) is 18.0. The number of carbonyl (C=O) groups is 1. The van der Waals surface area contributed by atoms with Crippen molar-refractivity contribution in [3.05, 3.63) is 86.2 Å². The molecule has 0 aliphatic carbocycles. The van der Waals surface area contributed by atoms with E-state index in [1.165, 1.54) is 0 Å². The van der Waals surface area contributed by atoms with Crippen molar-refractivity contribution in [2.75, 3.05) is 11.4 Å². The molecule has 0 unspecified atom stereocenters. The summed E-state index contributed by atoms with van der Waals surface area (Å²) in [6.07, 6.45) is 0. The molecule has 0 spiro atoms. The van der Waals surface area contributed by atoms with E-state index < -0.39 is 4.92 Å². The van der Waals surface area contributed by atoms with Gasteiger partial charge in [0.2, 0.25) is 0 Å². The quantitative estimate of drug-likeness (QED) is 0.437. The molecule has 30 heavy (non-hydrogen) atoms. The van der Waals surface area contributed by atoms with Crippen LogP contribution in [0.2, 0.25) is 0 Å². The molecule has 2 aromatic carbocycles. The van der Waals surface area contributed by atoms with E-state index in [9.17, 15) is 14.9 Å². The van der Waals surface area contributed by atoms with Crippen molar-refractivity contribution in [2.45, 2.75) is 41.2 Å². The van der Waals surface area contributed by atoms with Crippen molar-refractivity contribution in [1.82, 2.24) is 9.78 Å². The number of benzene rings is 2. The highest BCUT2D eigenvalue weighted by Gasteiger charge is 2.22. The van der Waals surface area contributed by atoms with Gasteiger partial charge in [-0.25, -0.2) is 0 Å². The maximum atomic E-state index is 13.1. The molecule has 3 aromatic rings. The molecule has 0 saturated carbocycles. The summed E-state index contributed by atoms with van der Waals surface area (Å²) in [6, 6.07) is 13.4. The first kappa shape index (κ1) is 21.2. The fourth-order valence-corrected chi connectivity index (χ4v) is 3.74. The standard InChI is InChI=1S/C23H26N4O3/c1-6-25(21-12-15(2)11-16(3)13-21)23(28)20-9-7-19(8-10-20)14-26-18(5)22(27(29)30)17(4)24-26/h7-13H,6,14H2,1-5H3. The molecule has 0 aliphatic heterocycles. The predicted molar refractivity (Wildman–Crippen MR) is 117 cm³/mol. The lowest BCUT2D eigenvalue weighted by molar-refractivity contribution is -0.386. The van der Waals surface area contributed by atoms with Gasteiger partial charge in [-0.1, -0.05) is 18.2 Å². The van der Waals surface area contributed by atoms with Crippen LogP contribution in [0.3, 0.4) is 0 Å². The number of nitrogens with zero attached hydrogens (tertiary/aromatic N) is 4. The number of carbonyl (C=O) groups excluding carboxylic acids is 1. The first-order chi connectivity index (χ1) is 14.2. The molecule has 1 amide bonds. The molecule has 7 heteroatoms. The molecule has 1 heterocycles.